The summed E-state index contributed by atoms with van der Waals surface area (Å²) in [6.07, 6.45) is -5.91. The Morgan fingerprint density at radius 2 is 1.90 bits per heavy atom. The summed E-state index contributed by atoms with van der Waals surface area (Å²) in [4.78, 5) is 17.6. The Hall–Kier alpha value is -3.22. The van der Waals surface area contributed by atoms with Crippen molar-refractivity contribution in [1.82, 2.24) is 10.3 Å². The molecule has 4 rings (SSSR count). The minimum absolute atomic E-state index is 0.0341. The summed E-state index contributed by atoms with van der Waals surface area (Å²) in [5.41, 5.74) is 1.51. The van der Waals surface area contributed by atoms with Gasteiger partial charge in [-0.1, -0.05) is 19.1 Å². The van der Waals surface area contributed by atoms with E-state index in [-0.39, 0.29) is 36.2 Å². The molecule has 216 valence electrons. The fourth-order valence-corrected chi connectivity index (χ4v) is 5.43. The molecule has 1 saturated heterocycles. The summed E-state index contributed by atoms with van der Waals surface area (Å²) in [5, 5.41) is 14.0. The zero-order valence-electron chi connectivity index (χ0n) is 22.1. The van der Waals surface area contributed by atoms with Crippen LogP contribution in [0.15, 0.2) is 53.4 Å². The second-order valence-electron chi connectivity index (χ2n) is 9.80. The summed E-state index contributed by atoms with van der Waals surface area (Å²) in [6, 6.07) is 12.0. The highest BCUT2D eigenvalue weighted by Crippen LogP contribution is 2.32. The van der Waals surface area contributed by atoms with E-state index in [1.807, 2.05) is 0 Å². The van der Waals surface area contributed by atoms with Crippen LogP contribution >= 0.6 is 0 Å². The first-order valence-corrected chi connectivity index (χ1v) is 14.5. The van der Waals surface area contributed by atoms with Crippen molar-refractivity contribution >= 4 is 26.5 Å². The molecule has 2 N–H and O–H groups in total. The van der Waals surface area contributed by atoms with Crippen molar-refractivity contribution in [2.75, 3.05) is 25.6 Å². The normalized spacial score (nSPS) is 18.9. The lowest BCUT2D eigenvalue weighted by Crippen LogP contribution is -2.38. The summed E-state index contributed by atoms with van der Waals surface area (Å²) in [7, 11) is -3.37. The number of sulfone groups is 1. The molecule has 3 atom stereocenters. The lowest BCUT2D eigenvalue weighted by molar-refractivity contribution is -0.236. The number of halogens is 3. The zero-order chi connectivity index (χ0) is 29.1. The molecule has 2 aromatic carbocycles. The van der Waals surface area contributed by atoms with Gasteiger partial charge in [0.15, 0.2) is 15.9 Å². The minimum atomic E-state index is -4.37. The number of nitrogens with one attached hydrogen (secondary N) is 1. The number of carbonyl (C=O) groups excluding carboxylic acids is 1. The van der Waals surface area contributed by atoms with E-state index >= 15 is 0 Å². The quantitative estimate of drug-likeness (QED) is 0.382. The van der Waals surface area contributed by atoms with E-state index in [0.717, 1.165) is 0 Å². The van der Waals surface area contributed by atoms with Crippen LogP contribution in [0.5, 0.6) is 5.88 Å². The topological polar surface area (TPSA) is 115 Å². The predicted octanol–water partition coefficient (Wildman–Crippen LogP) is 4.54. The third kappa shape index (κ3) is 6.91. The van der Waals surface area contributed by atoms with Crippen LogP contribution < -0.4 is 10.1 Å². The molecule has 2 heterocycles. The van der Waals surface area contributed by atoms with Crippen molar-refractivity contribution < 1.29 is 41.0 Å². The highest BCUT2D eigenvalue weighted by Gasteiger charge is 2.43. The maximum Gasteiger partial charge on any atom is 0.414 e. The maximum atomic E-state index is 13.0. The van der Waals surface area contributed by atoms with Crippen molar-refractivity contribution in [2.24, 2.45) is 5.92 Å². The molecule has 0 aliphatic carbocycles. The number of pyridine rings is 1. The van der Waals surface area contributed by atoms with Gasteiger partial charge in [0.1, 0.15) is 0 Å². The average molecular weight is 581 g/mol. The number of nitrogens with zero attached hydrogens (tertiary/aromatic N) is 1. The van der Waals surface area contributed by atoms with E-state index in [1.54, 1.807) is 50.2 Å². The standard InChI is InChI=1S/C28H31F3N2O6S/c1-3-40(36,37)22-8-5-19(6-9-22)24(14-34)33-26(35)20-7-10-23-21(13-20)12-17(2)32-27(23)39-16-18-4-11-25(38-15-18)28(29,30)31/h5-10,12-13,18,24-25,34H,3-4,11,14-16H2,1-2H3,(H,33,35)/t18-,24?,25-/m0/s1. The fourth-order valence-electron chi connectivity index (χ4n) is 4.55. The monoisotopic (exact) mass is 580 g/mol. The summed E-state index contributed by atoms with van der Waals surface area (Å²) >= 11 is 0. The number of aliphatic hydroxyl groups excluding tert-OH is 1. The minimum Gasteiger partial charge on any atom is -0.477 e. The number of alkyl halides is 3. The molecule has 3 aromatic rings. The highest BCUT2D eigenvalue weighted by molar-refractivity contribution is 7.91. The number of carbonyl (C=O) groups is 1. The van der Waals surface area contributed by atoms with Crippen molar-refractivity contribution in [1.29, 1.82) is 0 Å². The van der Waals surface area contributed by atoms with Crippen LogP contribution in [0.4, 0.5) is 13.2 Å². The number of hydrogen-bond acceptors (Lipinski definition) is 7. The van der Waals surface area contributed by atoms with E-state index < -0.39 is 40.7 Å². The molecule has 1 aliphatic rings. The van der Waals surface area contributed by atoms with Crippen LogP contribution in [-0.2, 0) is 14.6 Å². The largest absolute Gasteiger partial charge is 0.477 e. The number of aromatic nitrogens is 1. The van der Waals surface area contributed by atoms with Crippen LogP contribution in [0.1, 0.15) is 47.4 Å². The molecule has 8 nitrogen and oxygen atoms in total. The molecule has 0 spiro atoms. The molecule has 0 saturated carbocycles. The summed E-state index contributed by atoms with van der Waals surface area (Å²) < 4.78 is 73.5. The van der Waals surface area contributed by atoms with Gasteiger partial charge in [0.05, 0.1) is 36.5 Å². The molecule has 1 unspecified atom stereocenters. The van der Waals surface area contributed by atoms with Gasteiger partial charge in [-0.2, -0.15) is 13.2 Å². The van der Waals surface area contributed by atoms with E-state index in [2.05, 4.69) is 10.3 Å². The number of benzene rings is 2. The predicted molar refractivity (Wildman–Crippen MR) is 142 cm³/mol. The van der Waals surface area contributed by atoms with E-state index in [0.29, 0.717) is 39.9 Å². The number of aliphatic hydroxyl groups is 1. The van der Waals surface area contributed by atoms with Gasteiger partial charge in [-0.25, -0.2) is 13.4 Å². The zero-order valence-corrected chi connectivity index (χ0v) is 22.9. The van der Waals surface area contributed by atoms with Crippen molar-refractivity contribution in [3.63, 3.8) is 0 Å². The van der Waals surface area contributed by atoms with Crippen molar-refractivity contribution in [3.8, 4) is 5.88 Å². The molecule has 1 aromatic heterocycles. The molecule has 40 heavy (non-hydrogen) atoms. The van der Waals surface area contributed by atoms with Gasteiger partial charge in [0.25, 0.3) is 5.91 Å². The fraction of sp³-hybridized carbons (Fsp3) is 0.429. The lowest BCUT2D eigenvalue weighted by Gasteiger charge is -2.30. The first kappa shape index (κ1) is 29.8. The van der Waals surface area contributed by atoms with Crippen molar-refractivity contribution in [3.05, 3.63) is 65.4 Å². The second-order valence-corrected chi connectivity index (χ2v) is 12.1. The Balaban J connectivity index is 1.45. The average Bonchev–Trinajstić information content (AvgIpc) is 2.93. The van der Waals surface area contributed by atoms with Gasteiger partial charge in [0, 0.05) is 22.6 Å². The molecule has 1 amide bonds. The molecule has 1 fully saturated rings. The lowest BCUT2D eigenvalue weighted by atomic mass is 9.99. The number of rotatable bonds is 9. The number of fused-ring (bicyclic) bond motifs is 1. The third-order valence-corrected chi connectivity index (χ3v) is 8.64. The Morgan fingerprint density at radius 3 is 2.50 bits per heavy atom. The van der Waals surface area contributed by atoms with Gasteiger partial charge in [-0.05, 0) is 67.1 Å². The molecule has 12 heteroatoms. The van der Waals surface area contributed by atoms with E-state index in [9.17, 15) is 31.5 Å². The van der Waals surface area contributed by atoms with Crippen LogP contribution in [-0.4, -0.2) is 62.3 Å². The van der Waals surface area contributed by atoms with Gasteiger partial charge in [-0.3, -0.25) is 4.79 Å². The van der Waals surface area contributed by atoms with Gasteiger partial charge >= 0.3 is 6.18 Å². The number of amides is 1. The number of ether oxygens (including phenoxy) is 2. The Kier molecular flexibility index (Phi) is 9.01. The molecular weight excluding hydrogens is 549 g/mol. The van der Waals surface area contributed by atoms with Crippen LogP contribution in [0.3, 0.4) is 0 Å². The first-order valence-electron chi connectivity index (χ1n) is 12.9. The smallest absolute Gasteiger partial charge is 0.414 e. The first-order chi connectivity index (χ1) is 18.9. The Labute approximate surface area is 230 Å². The maximum absolute atomic E-state index is 13.0. The Morgan fingerprint density at radius 1 is 1.18 bits per heavy atom. The SMILES string of the molecule is CCS(=O)(=O)c1ccc(C(CO)NC(=O)c2ccc3c(OC[C@H]4CC[C@@H](C(F)(F)F)OC4)nc(C)cc3c2)cc1. The number of aryl methyl sites for hydroxylation is 1. The molecule has 0 bridgehead atoms. The summed E-state index contributed by atoms with van der Waals surface area (Å²) in [6.45, 7) is 3.02. The number of hydrogen-bond donors (Lipinski definition) is 2. The summed E-state index contributed by atoms with van der Waals surface area (Å²) in [5.74, 6) is -0.363. The molecular formula is C28H31F3N2O6S. The second kappa shape index (κ2) is 12.1. The molecule has 0 radical (unpaired) electrons. The Bertz CT molecular complexity index is 1450. The van der Waals surface area contributed by atoms with Gasteiger partial charge in [0.2, 0.25) is 5.88 Å². The van der Waals surface area contributed by atoms with Crippen molar-refractivity contribution in [2.45, 2.75) is 49.9 Å². The van der Waals surface area contributed by atoms with E-state index in [4.69, 9.17) is 9.47 Å². The van der Waals surface area contributed by atoms with Crippen LogP contribution in [0, 0.1) is 12.8 Å². The van der Waals surface area contributed by atoms with Gasteiger partial charge in [-0.15, -0.1) is 0 Å². The third-order valence-electron chi connectivity index (χ3n) is 6.89. The van der Waals surface area contributed by atoms with E-state index in [1.165, 1.54) is 12.1 Å². The van der Waals surface area contributed by atoms with Crippen LogP contribution in [0.2, 0.25) is 0 Å². The van der Waals surface area contributed by atoms with Crippen LogP contribution in [0.25, 0.3) is 10.8 Å². The highest BCUT2D eigenvalue weighted by atomic mass is 32.2. The van der Waals surface area contributed by atoms with Gasteiger partial charge < -0.3 is 19.9 Å². The molecule has 1 aliphatic heterocycles.